The van der Waals surface area contributed by atoms with Crippen LogP contribution in [0.5, 0.6) is 0 Å². The maximum Gasteiger partial charge on any atom is 0.246 e. The fraction of sp³-hybridized carbons (Fsp3) is 0.889. The molecular formula is C9H18N2O2. The minimum Gasteiger partial charge on any atom is -0.372 e. The van der Waals surface area contributed by atoms with Crippen molar-refractivity contribution >= 4 is 5.91 Å². The topological polar surface area (TPSA) is 50.4 Å². The van der Waals surface area contributed by atoms with Gasteiger partial charge < -0.3 is 15.4 Å². The molecule has 1 aliphatic heterocycles. The van der Waals surface area contributed by atoms with Crippen molar-refractivity contribution in [2.24, 2.45) is 0 Å². The summed E-state index contributed by atoms with van der Waals surface area (Å²) in [6, 6.07) is 0.303. The molecule has 13 heavy (non-hydrogen) atoms. The van der Waals surface area contributed by atoms with E-state index in [0.29, 0.717) is 12.6 Å². The number of hydrogen-bond donors (Lipinski definition) is 2. The van der Waals surface area contributed by atoms with Crippen molar-refractivity contribution in [1.82, 2.24) is 10.6 Å². The molecule has 4 heteroatoms. The van der Waals surface area contributed by atoms with Crippen molar-refractivity contribution < 1.29 is 9.53 Å². The Hall–Kier alpha value is -0.610. The average Bonchev–Trinajstić information content (AvgIpc) is 2.57. The molecule has 0 saturated carbocycles. The predicted molar refractivity (Wildman–Crippen MR) is 50.5 cm³/mol. The normalized spacial score (nSPS) is 21.8. The highest BCUT2D eigenvalue weighted by atomic mass is 16.5. The fourth-order valence-corrected chi connectivity index (χ4v) is 1.36. The van der Waals surface area contributed by atoms with Gasteiger partial charge in [-0.05, 0) is 19.4 Å². The lowest BCUT2D eigenvalue weighted by molar-refractivity contribution is -0.126. The zero-order valence-corrected chi connectivity index (χ0v) is 8.14. The number of nitrogens with one attached hydrogen (secondary N) is 2. The van der Waals surface area contributed by atoms with Crippen LogP contribution in [-0.4, -0.2) is 38.3 Å². The van der Waals surface area contributed by atoms with Crippen LogP contribution in [0.4, 0.5) is 0 Å². The van der Waals surface area contributed by atoms with E-state index in [9.17, 15) is 4.79 Å². The van der Waals surface area contributed by atoms with Crippen molar-refractivity contribution in [2.75, 3.05) is 26.3 Å². The van der Waals surface area contributed by atoms with E-state index in [1.807, 2.05) is 6.92 Å². The first-order valence-corrected chi connectivity index (χ1v) is 4.90. The van der Waals surface area contributed by atoms with Crippen molar-refractivity contribution in [3.05, 3.63) is 0 Å². The summed E-state index contributed by atoms with van der Waals surface area (Å²) in [6.07, 6.45) is 1.98. The number of rotatable bonds is 5. The molecule has 1 heterocycles. The van der Waals surface area contributed by atoms with E-state index in [1.54, 1.807) is 0 Å². The standard InChI is InChI=1S/C9H18N2O2/c1-2-5-13-7-9(12)11-8-3-4-10-6-8/h8,10H,2-7H2,1H3,(H,11,12). The van der Waals surface area contributed by atoms with Crippen molar-refractivity contribution in [1.29, 1.82) is 0 Å². The molecule has 1 unspecified atom stereocenters. The Morgan fingerprint density at radius 3 is 3.15 bits per heavy atom. The number of hydrogen-bond acceptors (Lipinski definition) is 3. The second-order valence-corrected chi connectivity index (χ2v) is 3.31. The fourth-order valence-electron chi connectivity index (χ4n) is 1.36. The average molecular weight is 186 g/mol. The molecule has 1 rings (SSSR count). The number of carbonyl (C=O) groups excluding carboxylic acids is 1. The lowest BCUT2D eigenvalue weighted by Crippen LogP contribution is -2.38. The Balaban J connectivity index is 2.02. The summed E-state index contributed by atoms with van der Waals surface area (Å²) >= 11 is 0. The molecule has 0 aromatic heterocycles. The number of amides is 1. The third kappa shape index (κ3) is 4.24. The van der Waals surface area contributed by atoms with Gasteiger partial charge in [0.1, 0.15) is 6.61 Å². The molecular weight excluding hydrogens is 168 g/mol. The highest BCUT2D eigenvalue weighted by molar-refractivity contribution is 5.77. The molecule has 0 bridgehead atoms. The van der Waals surface area contributed by atoms with Gasteiger partial charge in [0.05, 0.1) is 0 Å². The molecule has 1 amide bonds. The molecule has 1 aliphatic rings. The molecule has 1 saturated heterocycles. The zero-order chi connectivity index (χ0) is 9.52. The van der Waals surface area contributed by atoms with E-state index >= 15 is 0 Å². The van der Waals surface area contributed by atoms with E-state index in [-0.39, 0.29) is 12.5 Å². The zero-order valence-electron chi connectivity index (χ0n) is 8.14. The molecule has 1 fully saturated rings. The summed E-state index contributed by atoms with van der Waals surface area (Å²) in [4.78, 5) is 11.2. The van der Waals surface area contributed by atoms with Crippen LogP contribution in [0, 0.1) is 0 Å². The number of carbonyl (C=O) groups is 1. The maximum atomic E-state index is 11.2. The summed E-state index contributed by atoms with van der Waals surface area (Å²) < 4.78 is 5.12. The molecule has 1 atom stereocenters. The SMILES string of the molecule is CCCOCC(=O)NC1CCNC1. The Bertz CT molecular complexity index is 156. The van der Waals surface area contributed by atoms with Crippen LogP contribution in [0.25, 0.3) is 0 Å². The predicted octanol–water partition coefficient (Wildman–Crippen LogP) is -0.109. The molecule has 76 valence electrons. The van der Waals surface area contributed by atoms with E-state index in [0.717, 1.165) is 25.9 Å². The van der Waals surface area contributed by atoms with Gasteiger partial charge in [0, 0.05) is 19.2 Å². The van der Waals surface area contributed by atoms with E-state index < -0.39 is 0 Å². The van der Waals surface area contributed by atoms with Crippen molar-refractivity contribution in [3.63, 3.8) is 0 Å². The van der Waals surface area contributed by atoms with Gasteiger partial charge in [-0.25, -0.2) is 0 Å². The van der Waals surface area contributed by atoms with Gasteiger partial charge in [-0.15, -0.1) is 0 Å². The van der Waals surface area contributed by atoms with Gasteiger partial charge in [-0.2, -0.15) is 0 Å². The molecule has 0 radical (unpaired) electrons. The first-order chi connectivity index (χ1) is 6.33. The third-order valence-electron chi connectivity index (χ3n) is 2.01. The van der Waals surface area contributed by atoms with Gasteiger partial charge in [0.2, 0.25) is 5.91 Å². The first kappa shape index (κ1) is 10.5. The summed E-state index contributed by atoms with van der Waals surface area (Å²) in [6.45, 7) is 4.78. The van der Waals surface area contributed by atoms with Gasteiger partial charge in [-0.3, -0.25) is 4.79 Å². The molecule has 2 N–H and O–H groups in total. The van der Waals surface area contributed by atoms with Crippen LogP contribution in [0.1, 0.15) is 19.8 Å². The Morgan fingerprint density at radius 2 is 2.54 bits per heavy atom. The maximum absolute atomic E-state index is 11.2. The highest BCUT2D eigenvalue weighted by Crippen LogP contribution is 1.96. The summed E-state index contributed by atoms with van der Waals surface area (Å²) in [5, 5.41) is 6.10. The van der Waals surface area contributed by atoms with E-state index in [2.05, 4.69) is 10.6 Å². The summed E-state index contributed by atoms with van der Waals surface area (Å²) in [5.74, 6) is 0.00199. The van der Waals surface area contributed by atoms with E-state index in [4.69, 9.17) is 4.74 Å². The lowest BCUT2D eigenvalue weighted by Gasteiger charge is -2.10. The van der Waals surface area contributed by atoms with Crippen LogP contribution in [-0.2, 0) is 9.53 Å². The van der Waals surface area contributed by atoms with Gasteiger partial charge in [0.25, 0.3) is 0 Å². The Labute approximate surface area is 79.0 Å². The van der Waals surface area contributed by atoms with Crippen molar-refractivity contribution in [2.45, 2.75) is 25.8 Å². The quantitative estimate of drug-likeness (QED) is 0.589. The lowest BCUT2D eigenvalue weighted by atomic mass is 10.2. The molecule has 4 nitrogen and oxygen atoms in total. The Kier molecular flexibility index (Phi) is 4.78. The summed E-state index contributed by atoms with van der Waals surface area (Å²) in [5.41, 5.74) is 0. The van der Waals surface area contributed by atoms with Gasteiger partial charge in [0.15, 0.2) is 0 Å². The molecule has 0 aromatic carbocycles. The second-order valence-electron chi connectivity index (χ2n) is 3.31. The van der Waals surface area contributed by atoms with E-state index in [1.165, 1.54) is 0 Å². The van der Waals surface area contributed by atoms with Gasteiger partial charge >= 0.3 is 0 Å². The number of ether oxygens (including phenoxy) is 1. The highest BCUT2D eigenvalue weighted by Gasteiger charge is 2.15. The minimum atomic E-state index is 0.00199. The largest absolute Gasteiger partial charge is 0.372 e. The molecule has 0 aliphatic carbocycles. The first-order valence-electron chi connectivity index (χ1n) is 4.90. The summed E-state index contributed by atoms with van der Waals surface area (Å²) in [7, 11) is 0. The van der Waals surface area contributed by atoms with Gasteiger partial charge in [-0.1, -0.05) is 6.92 Å². The van der Waals surface area contributed by atoms with Crippen LogP contribution < -0.4 is 10.6 Å². The monoisotopic (exact) mass is 186 g/mol. The van der Waals surface area contributed by atoms with Crippen LogP contribution in [0.2, 0.25) is 0 Å². The third-order valence-corrected chi connectivity index (χ3v) is 2.01. The van der Waals surface area contributed by atoms with Crippen LogP contribution in [0.3, 0.4) is 0 Å². The molecule has 0 aromatic rings. The molecule has 0 spiro atoms. The van der Waals surface area contributed by atoms with Crippen LogP contribution in [0.15, 0.2) is 0 Å². The minimum absolute atomic E-state index is 0.00199. The van der Waals surface area contributed by atoms with Crippen molar-refractivity contribution in [3.8, 4) is 0 Å². The second kappa shape index (κ2) is 5.94. The van der Waals surface area contributed by atoms with Crippen LogP contribution >= 0.6 is 0 Å². The smallest absolute Gasteiger partial charge is 0.246 e. The Morgan fingerprint density at radius 1 is 1.69 bits per heavy atom.